The average molecular weight is 483 g/mol. The van der Waals surface area contributed by atoms with Crippen molar-refractivity contribution in [2.75, 3.05) is 13.4 Å². The molecule has 1 heterocycles. The molecule has 1 aliphatic rings. The highest BCUT2D eigenvalue weighted by Crippen LogP contribution is 2.75. The molecule has 166 valence electrons. The van der Waals surface area contributed by atoms with E-state index < -0.39 is 34.3 Å². The third-order valence-electron chi connectivity index (χ3n) is 4.20. The van der Waals surface area contributed by atoms with Crippen LogP contribution in [0.4, 0.5) is 0 Å². The number of hydrogen-bond donors (Lipinski definition) is 2. The molecule has 6 nitrogen and oxygen atoms in total. The zero-order valence-corrected chi connectivity index (χ0v) is 20.9. The van der Waals surface area contributed by atoms with Crippen molar-refractivity contribution in [1.29, 1.82) is 0 Å². The number of methoxy groups -OCH3 is 1. The minimum atomic E-state index is -3.79. The Kier molecular flexibility index (Phi) is 9.47. The maximum absolute atomic E-state index is 14.3. The lowest BCUT2D eigenvalue weighted by atomic mass is 10.1. The van der Waals surface area contributed by atoms with Gasteiger partial charge in [0.05, 0.1) is 23.6 Å². The van der Waals surface area contributed by atoms with Crippen molar-refractivity contribution in [2.45, 2.75) is 71.5 Å². The van der Waals surface area contributed by atoms with E-state index in [-0.39, 0.29) is 12.2 Å². The first-order valence-corrected chi connectivity index (χ1v) is 13.9. The normalized spacial score (nSPS) is 30.8. The zero-order valence-electron chi connectivity index (χ0n) is 17.6. The van der Waals surface area contributed by atoms with Gasteiger partial charge < -0.3 is 24.0 Å². The molecule has 0 aromatic heterocycles. The van der Waals surface area contributed by atoms with Crippen molar-refractivity contribution in [3.63, 3.8) is 0 Å². The fourth-order valence-corrected chi connectivity index (χ4v) is 11.6. The van der Waals surface area contributed by atoms with Crippen LogP contribution in [0.5, 0.6) is 0 Å². The van der Waals surface area contributed by atoms with E-state index in [0.717, 1.165) is 4.90 Å². The molecule has 0 bridgehead atoms. The van der Waals surface area contributed by atoms with Crippen LogP contribution in [0.1, 0.15) is 27.7 Å². The lowest BCUT2D eigenvalue weighted by Gasteiger charge is -2.51. The Bertz CT molecular complexity index is 678. The summed E-state index contributed by atoms with van der Waals surface area (Å²) in [5.74, 6) is 0. The van der Waals surface area contributed by atoms with Crippen LogP contribution < -0.4 is 0 Å². The molecule has 2 rings (SSSR count). The topological polar surface area (TPSA) is 85.2 Å². The summed E-state index contributed by atoms with van der Waals surface area (Å²) in [4.78, 5) is 0.888. The molecule has 0 saturated carbocycles. The molecule has 10 heteroatoms. The van der Waals surface area contributed by atoms with Gasteiger partial charge in [0.25, 0.3) is 0 Å². The zero-order chi connectivity index (χ0) is 21.8. The van der Waals surface area contributed by atoms with Gasteiger partial charge in [-0.05, 0) is 46.1 Å². The summed E-state index contributed by atoms with van der Waals surface area (Å²) in [6.45, 7) is 7.21. The van der Waals surface area contributed by atoms with E-state index in [4.69, 9.17) is 13.8 Å². The van der Waals surface area contributed by atoms with Gasteiger partial charge in [0.15, 0.2) is 3.82 Å². The van der Waals surface area contributed by atoms with E-state index >= 15 is 0 Å². The van der Waals surface area contributed by atoms with Crippen LogP contribution in [0.2, 0.25) is 0 Å². The number of aliphatic hydroxyl groups excluding tert-OH is 2. The highest BCUT2D eigenvalue weighted by Gasteiger charge is 2.65. The molecule has 1 saturated heterocycles. The van der Waals surface area contributed by atoms with Crippen molar-refractivity contribution in [3.8, 4) is 0 Å². The number of rotatable bonds is 9. The molecule has 0 aliphatic carbocycles. The highest BCUT2D eigenvalue weighted by molar-refractivity contribution is 8.26. The van der Waals surface area contributed by atoms with E-state index in [1.54, 1.807) is 27.7 Å². The first kappa shape index (κ1) is 25.6. The lowest BCUT2D eigenvalue weighted by Crippen LogP contribution is -2.57. The Morgan fingerprint density at radius 1 is 1.07 bits per heavy atom. The average Bonchev–Trinajstić information content (AvgIpc) is 2.65. The molecule has 1 fully saturated rings. The van der Waals surface area contributed by atoms with Gasteiger partial charge in [-0.25, -0.2) is 0 Å². The van der Waals surface area contributed by atoms with Crippen LogP contribution in [0.3, 0.4) is 0 Å². The minimum Gasteiger partial charge on any atom is -0.389 e. The maximum atomic E-state index is 14.3. The summed E-state index contributed by atoms with van der Waals surface area (Å²) < 4.78 is 30.5. The van der Waals surface area contributed by atoms with Gasteiger partial charge in [-0.15, -0.1) is 23.5 Å². The quantitative estimate of drug-likeness (QED) is 0.489. The van der Waals surface area contributed by atoms with E-state index in [9.17, 15) is 14.8 Å². The van der Waals surface area contributed by atoms with Gasteiger partial charge in [0.2, 0.25) is 0 Å². The summed E-state index contributed by atoms with van der Waals surface area (Å²) in [5, 5.41) is 21.1. The molecular weight excluding hydrogens is 451 g/mol. The fraction of sp³-hybridized carbons (Fsp3) is 0.684. The number of hydrogen-bond acceptors (Lipinski definition) is 9. The standard InChI is InChI=1S/C19H31O6PS3/c1-12(2)24-26(22,25-13(3)4)19(27-6)17(28-14-10-8-7-9-11-14)15(20)16(21)18(23-5)29-19/h7-13,15-18,20-21H,1-6H3/t15-,16+,17+,18+,19?/m0/s1. The summed E-state index contributed by atoms with van der Waals surface area (Å²) in [7, 11) is -2.33. The molecule has 1 aromatic carbocycles. The van der Waals surface area contributed by atoms with Crippen molar-refractivity contribution in [2.24, 2.45) is 0 Å². The molecule has 0 radical (unpaired) electrons. The van der Waals surface area contributed by atoms with Gasteiger partial charge in [0.1, 0.15) is 11.5 Å². The van der Waals surface area contributed by atoms with E-state index in [1.807, 2.05) is 36.6 Å². The molecule has 1 aromatic rings. The summed E-state index contributed by atoms with van der Waals surface area (Å²) in [6, 6.07) is 9.53. The van der Waals surface area contributed by atoms with Crippen LogP contribution in [-0.2, 0) is 18.3 Å². The van der Waals surface area contributed by atoms with Crippen molar-refractivity contribution in [3.05, 3.63) is 30.3 Å². The Hall–Kier alpha value is 0.300. The molecule has 5 atom stereocenters. The van der Waals surface area contributed by atoms with Crippen molar-refractivity contribution >= 4 is 42.9 Å². The number of ether oxygens (including phenoxy) is 1. The molecule has 1 aliphatic heterocycles. The first-order chi connectivity index (χ1) is 13.6. The van der Waals surface area contributed by atoms with E-state index in [2.05, 4.69) is 0 Å². The summed E-state index contributed by atoms with van der Waals surface area (Å²) >= 11 is 3.88. The molecular formula is C19H31O6PS3. The monoisotopic (exact) mass is 482 g/mol. The minimum absolute atomic E-state index is 0.350. The maximum Gasteiger partial charge on any atom is 0.358 e. The molecule has 29 heavy (non-hydrogen) atoms. The van der Waals surface area contributed by atoms with Crippen LogP contribution in [-0.4, -0.2) is 62.5 Å². The summed E-state index contributed by atoms with van der Waals surface area (Å²) in [5.41, 5.74) is -0.773. The van der Waals surface area contributed by atoms with Crippen molar-refractivity contribution < 1.29 is 28.6 Å². The Balaban J connectivity index is 2.61. The second-order valence-electron chi connectivity index (χ2n) is 7.20. The number of thioether (sulfide) groups is 3. The second-order valence-corrected chi connectivity index (χ2v) is 13.8. The predicted octanol–water partition coefficient (Wildman–Crippen LogP) is 4.65. The van der Waals surface area contributed by atoms with Crippen LogP contribution >= 0.6 is 42.9 Å². The number of benzene rings is 1. The SMILES string of the molecule is CO[C@@H]1SC(SC)(P(=O)(OC(C)C)OC(C)C)[C@H](Sc2ccccc2)[C@@H](O)[C@H]1O. The molecule has 0 amide bonds. The third-order valence-corrected chi connectivity index (χ3v) is 13.7. The van der Waals surface area contributed by atoms with Gasteiger partial charge in [0, 0.05) is 12.0 Å². The van der Waals surface area contributed by atoms with Crippen molar-refractivity contribution in [1.82, 2.24) is 0 Å². The Morgan fingerprint density at radius 3 is 2.07 bits per heavy atom. The Labute approximate surface area is 186 Å². The van der Waals surface area contributed by atoms with Gasteiger partial charge >= 0.3 is 7.60 Å². The van der Waals surface area contributed by atoms with Crippen LogP contribution in [0.25, 0.3) is 0 Å². The second kappa shape index (κ2) is 10.7. The summed E-state index contributed by atoms with van der Waals surface area (Å²) in [6.07, 6.45) is -1.22. The molecule has 2 N–H and O–H groups in total. The molecule has 1 unspecified atom stereocenters. The Morgan fingerprint density at radius 2 is 1.62 bits per heavy atom. The van der Waals surface area contributed by atoms with Crippen LogP contribution in [0, 0.1) is 0 Å². The predicted molar refractivity (Wildman–Crippen MR) is 123 cm³/mol. The lowest BCUT2D eigenvalue weighted by molar-refractivity contribution is -0.0465. The van der Waals surface area contributed by atoms with Gasteiger partial charge in [-0.1, -0.05) is 30.0 Å². The van der Waals surface area contributed by atoms with Gasteiger partial charge in [-0.2, -0.15) is 0 Å². The van der Waals surface area contributed by atoms with E-state index in [1.165, 1.54) is 42.4 Å². The van der Waals surface area contributed by atoms with E-state index in [0.29, 0.717) is 0 Å². The third kappa shape index (κ3) is 5.57. The molecule has 0 spiro atoms. The first-order valence-electron chi connectivity index (χ1n) is 9.40. The number of aliphatic hydroxyl groups is 2. The highest BCUT2D eigenvalue weighted by atomic mass is 32.2. The smallest absolute Gasteiger partial charge is 0.358 e. The van der Waals surface area contributed by atoms with Crippen LogP contribution in [0.15, 0.2) is 35.2 Å². The largest absolute Gasteiger partial charge is 0.389 e. The fourth-order valence-electron chi connectivity index (χ4n) is 3.06. The van der Waals surface area contributed by atoms with Gasteiger partial charge in [-0.3, -0.25) is 4.57 Å².